The summed E-state index contributed by atoms with van der Waals surface area (Å²) in [4.78, 5) is 1.24. The number of rotatable bonds is 8. The van der Waals surface area contributed by atoms with Crippen LogP contribution in [0.15, 0.2) is 17.0 Å². The molecule has 1 aliphatic rings. The molecule has 118 valence electrons. The lowest BCUT2D eigenvalue weighted by molar-refractivity contribution is 0.336. The lowest BCUT2D eigenvalue weighted by atomic mass is 9.92. The van der Waals surface area contributed by atoms with Crippen molar-refractivity contribution in [3.8, 4) is 11.5 Å². The Bertz CT molecular complexity index is 484. The number of benzene rings is 1. The van der Waals surface area contributed by atoms with Gasteiger partial charge in [0.05, 0.1) is 14.2 Å². The minimum Gasteiger partial charge on any atom is -0.493 e. The molecule has 1 saturated carbocycles. The molecule has 0 radical (unpaired) electrons. The first-order valence-electron chi connectivity index (χ1n) is 7.56. The van der Waals surface area contributed by atoms with Gasteiger partial charge in [0.25, 0.3) is 0 Å². The van der Waals surface area contributed by atoms with Gasteiger partial charge in [-0.05, 0) is 48.1 Å². The van der Waals surface area contributed by atoms with E-state index >= 15 is 0 Å². The first-order valence-corrected chi connectivity index (χ1v) is 8.78. The first kappa shape index (κ1) is 16.5. The Kier molecular flexibility index (Phi) is 5.44. The standard InChI is InChI=1S/C17H27NO2S/c1-12(2)17(6-7-17)11-18-10-13-8-14(19-3)15(20-4)9-16(13)21-5/h8-9,12,18H,6-7,10-11H2,1-5H3. The van der Waals surface area contributed by atoms with Gasteiger partial charge < -0.3 is 14.8 Å². The third kappa shape index (κ3) is 3.67. The van der Waals surface area contributed by atoms with Crippen molar-refractivity contribution < 1.29 is 9.47 Å². The van der Waals surface area contributed by atoms with Crippen molar-refractivity contribution in [3.63, 3.8) is 0 Å². The maximum Gasteiger partial charge on any atom is 0.161 e. The Balaban J connectivity index is 2.05. The molecule has 0 aliphatic heterocycles. The number of thioether (sulfide) groups is 1. The molecule has 2 rings (SSSR count). The highest BCUT2D eigenvalue weighted by Crippen LogP contribution is 2.51. The highest BCUT2D eigenvalue weighted by atomic mass is 32.2. The van der Waals surface area contributed by atoms with Crippen LogP contribution >= 0.6 is 11.8 Å². The predicted octanol–water partition coefficient (Wildman–Crippen LogP) is 3.95. The summed E-state index contributed by atoms with van der Waals surface area (Å²) in [5.41, 5.74) is 1.82. The summed E-state index contributed by atoms with van der Waals surface area (Å²) >= 11 is 1.75. The molecule has 0 saturated heterocycles. The Labute approximate surface area is 132 Å². The van der Waals surface area contributed by atoms with E-state index in [0.717, 1.165) is 30.5 Å². The fourth-order valence-electron chi connectivity index (χ4n) is 2.80. The average Bonchev–Trinajstić information content (AvgIpc) is 3.27. The maximum absolute atomic E-state index is 5.41. The van der Waals surface area contributed by atoms with Crippen molar-refractivity contribution in [2.75, 3.05) is 27.0 Å². The molecule has 4 heteroatoms. The Morgan fingerprint density at radius 3 is 2.29 bits per heavy atom. The fraction of sp³-hybridized carbons (Fsp3) is 0.647. The molecule has 1 aromatic rings. The monoisotopic (exact) mass is 309 g/mol. The second-order valence-corrected chi connectivity index (χ2v) is 6.99. The zero-order valence-corrected chi connectivity index (χ0v) is 14.6. The van der Waals surface area contributed by atoms with Crippen LogP contribution in [0, 0.1) is 11.3 Å². The van der Waals surface area contributed by atoms with Gasteiger partial charge in [-0.3, -0.25) is 0 Å². The zero-order chi connectivity index (χ0) is 15.5. The molecule has 0 amide bonds. The smallest absolute Gasteiger partial charge is 0.161 e. The number of hydrogen-bond donors (Lipinski definition) is 1. The Morgan fingerprint density at radius 2 is 1.81 bits per heavy atom. The number of hydrogen-bond acceptors (Lipinski definition) is 4. The zero-order valence-electron chi connectivity index (χ0n) is 13.8. The second-order valence-electron chi connectivity index (χ2n) is 6.14. The van der Waals surface area contributed by atoms with E-state index in [2.05, 4.69) is 37.6 Å². The average molecular weight is 309 g/mol. The molecule has 0 atom stereocenters. The van der Waals surface area contributed by atoms with Crippen LogP contribution in [-0.4, -0.2) is 27.0 Å². The van der Waals surface area contributed by atoms with Gasteiger partial charge >= 0.3 is 0 Å². The Hall–Kier alpha value is -0.870. The molecular formula is C17H27NO2S. The molecule has 1 fully saturated rings. The minimum absolute atomic E-state index is 0.538. The molecule has 1 aliphatic carbocycles. The summed E-state index contributed by atoms with van der Waals surface area (Å²) in [7, 11) is 3.37. The van der Waals surface area contributed by atoms with E-state index in [4.69, 9.17) is 9.47 Å². The van der Waals surface area contributed by atoms with Crippen LogP contribution in [0.1, 0.15) is 32.3 Å². The second kappa shape index (κ2) is 6.93. The van der Waals surface area contributed by atoms with Gasteiger partial charge in [-0.25, -0.2) is 0 Å². The topological polar surface area (TPSA) is 30.5 Å². The first-order chi connectivity index (χ1) is 10.1. The third-order valence-corrected chi connectivity index (χ3v) is 5.52. The third-order valence-electron chi connectivity index (χ3n) is 4.70. The lowest BCUT2D eigenvalue weighted by Crippen LogP contribution is -2.27. The molecule has 0 bridgehead atoms. The summed E-state index contributed by atoms with van der Waals surface area (Å²) < 4.78 is 10.8. The summed E-state index contributed by atoms with van der Waals surface area (Å²) in [6.07, 6.45) is 4.82. The van der Waals surface area contributed by atoms with Gasteiger partial charge in [0.15, 0.2) is 11.5 Å². The quantitative estimate of drug-likeness (QED) is 0.737. The normalized spacial score (nSPS) is 16.1. The largest absolute Gasteiger partial charge is 0.493 e. The fourth-order valence-corrected chi connectivity index (χ4v) is 3.41. The molecule has 0 heterocycles. The van der Waals surface area contributed by atoms with Crippen LogP contribution in [-0.2, 0) is 6.54 Å². The van der Waals surface area contributed by atoms with Gasteiger partial charge in [0.1, 0.15) is 0 Å². The molecule has 1 aromatic carbocycles. The molecule has 1 N–H and O–H groups in total. The summed E-state index contributed by atoms with van der Waals surface area (Å²) in [6, 6.07) is 4.16. The number of ether oxygens (including phenoxy) is 2. The van der Waals surface area contributed by atoms with Crippen LogP contribution in [0.4, 0.5) is 0 Å². The van der Waals surface area contributed by atoms with Gasteiger partial charge in [-0.15, -0.1) is 11.8 Å². The maximum atomic E-state index is 5.41. The molecule has 0 unspecified atom stereocenters. The van der Waals surface area contributed by atoms with Crippen molar-refractivity contribution in [1.82, 2.24) is 5.32 Å². The van der Waals surface area contributed by atoms with Crippen LogP contribution in [0.3, 0.4) is 0 Å². The molecule has 0 spiro atoms. The number of methoxy groups -OCH3 is 2. The number of nitrogens with one attached hydrogen (secondary N) is 1. The Morgan fingerprint density at radius 1 is 1.19 bits per heavy atom. The van der Waals surface area contributed by atoms with E-state index < -0.39 is 0 Å². The van der Waals surface area contributed by atoms with E-state index in [0.29, 0.717) is 5.41 Å². The van der Waals surface area contributed by atoms with Gasteiger partial charge in [0.2, 0.25) is 0 Å². The van der Waals surface area contributed by atoms with Gasteiger partial charge in [-0.2, -0.15) is 0 Å². The minimum atomic E-state index is 0.538. The van der Waals surface area contributed by atoms with E-state index in [1.807, 2.05) is 0 Å². The van der Waals surface area contributed by atoms with Crippen LogP contribution in [0.25, 0.3) is 0 Å². The molecule has 21 heavy (non-hydrogen) atoms. The predicted molar refractivity (Wildman–Crippen MR) is 89.5 cm³/mol. The van der Waals surface area contributed by atoms with Crippen LogP contribution < -0.4 is 14.8 Å². The SMILES string of the molecule is COc1cc(CNCC2(C(C)C)CC2)c(SC)cc1OC. The highest BCUT2D eigenvalue weighted by molar-refractivity contribution is 7.98. The van der Waals surface area contributed by atoms with E-state index in [1.165, 1.54) is 23.3 Å². The van der Waals surface area contributed by atoms with Crippen molar-refractivity contribution in [2.24, 2.45) is 11.3 Å². The van der Waals surface area contributed by atoms with Crippen molar-refractivity contribution in [1.29, 1.82) is 0 Å². The summed E-state index contributed by atoms with van der Waals surface area (Å²) in [5.74, 6) is 2.36. The molecular weight excluding hydrogens is 282 g/mol. The van der Waals surface area contributed by atoms with Crippen LogP contribution in [0.5, 0.6) is 11.5 Å². The van der Waals surface area contributed by atoms with Crippen molar-refractivity contribution in [3.05, 3.63) is 17.7 Å². The van der Waals surface area contributed by atoms with Gasteiger partial charge in [-0.1, -0.05) is 13.8 Å². The molecule has 0 aromatic heterocycles. The molecule has 3 nitrogen and oxygen atoms in total. The van der Waals surface area contributed by atoms with Crippen molar-refractivity contribution >= 4 is 11.8 Å². The van der Waals surface area contributed by atoms with E-state index in [1.54, 1.807) is 26.0 Å². The van der Waals surface area contributed by atoms with Crippen molar-refractivity contribution in [2.45, 2.75) is 38.1 Å². The highest BCUT2D eigenvalue weighted by Gasteiger charge is 2.44. The van der Waals surface area contributed by atoms with E-state index in [9.17, 15) is 0 Å². The summed E-state index contributed by atoms with van der Waals surface area (Å²) in [6.45, 7) is 6.65. The summed E-state index contributed by atoms with van der Waals surface area (Å²) in [5, 5.41) is 3.64. The van der Waals surface area contributed by atoms with Crippen LogP contribution in [0.2, 0.25) is 0 Å². The lowest BCUT2D eigenvalue weighted by Gasteiger charge is -2.21. The van der Waals surface area contributed by atoms with E-state index in [-0.39, 0.29) is 0 Å². The van der Waals surface area contributed by atoms with Gasteiger partial charge in [0, 0.05) is 18.0 Å².